The van der Waals surface area contributed by atoms with Crippen LogP contribution in [0.25, 0.3) is 0 Å². The average molecular weight is 265 g/mol. The van der Waals surface area contributed by atoms with E-state index in [1.807, 2.05) is 19.1 Å². The summed E-state index contributed by atoms with van der Waals surface area (Å²) in [7, 11) is 0. The number of nitrogens with zero attached hydrogens (tertiary/aromatic N) is 2. The maximum absolute atomic E-state index is 5.71. The van der Waals surface area contributed by atoms with Crippen LogP contribution in [0.15, 0.2) is 12.1 Å². The van der Waals surface area contributed by atoms with Gasteiger partial charge in [0.05, 0.1) is 18.8 Å². The fourth-order valence-electron chi connectivity index (χ4n) is 2.21. The van der Waals surface area contributed by atoms with Crippen LogP contribution in [0.1, 0.15) is 25.1 Å². The number of rotatable bonds is 2. The first kappa shape index (κ1) is 13.2. The molecular formula is C13H19N3OS. The third kappa shape index (κ3) is 2.62. The largest absolute Gasteiger partial charge is 0.389 e. The van der Waals surface area contributed by atoms with E-state index in [0.717, 1.165) is 30.2 Å². The molecule has 0 aliphatic carbocycles. The summed E-state index contributed by atoms with van der Waals surface area (Å²) in [4.78, 5) is 7.26. The highest BCUT2D eigenvalue weighted by molar-refractivity contribution is 7.80. The van der Waals surface area contributed by atoms with Crippen molar-refractivity contribution in [2.75, 3.05) is 24.7 Å². The van der Waals surface area contributed by atoms with Crippen LogP contribution in [0, 0.1) is 6.92 Å². The summed E-state index contributed by atoms with van der Waals surface area (Å²) in [5.74, 6) is 0.922. The molecular weight excluding hydrogens is 246 g/mol. The maximum atomic E-state index is 5.71. The highest BCUT2D eigenvalue weighted by Crippen LogP contribution is 2.26. The van der Waals surface area contributed by atoms with Gasteiger partial charge in [-0.05, 0) is 32.9 Å². The van der Waals surface area contributed by atoms with Gasteiger partial charge in [0, 0.05) is 17.8 Å². The lowest BCUT2D eigenvalue weighted by molar-refractivity contribution is 0.0639. The second kappa shape index (κ2) is 4.82. The van der Waals surface area contributed by atoms with Crippen LogP contribution in [0.5, 0.6) is 0 Å². The molecule has 2 heterocycles. The Balaban J connectivity index is 2.40. The van der Waals surface area contributed by atoms with Gasteiger partial charge in [0.25, 0.3) is 0 Å². The summed E-state index contributed by atoms with van der Waals surface area (Å²) in [5.41, 5.74) is 7.44. The van der Waals surface area contributed by atoms with Crippen LogP contribution in [0.3, 0.4) is 0 Å². The van der Waals surface area contributed by atoms with E-state index in [4.69, 9.17) is 22.7 Å². The van der Waals surface area contributed by atoms with E-state index in [2.05, 4.69) is 23.7 Å². The zero-order valence-corrected chi connectivity index (χ0v) is 11.9. The topological polar surface area (TPSA) is 51.4 Å². The zero-order valence-electron chi connectivity index (χ0n) is 11.1. The zero-order chi connectivity index (χ0) is 13.3. The van der Waals surface area contributed by atoms with Crippen LogP contribution in [-0.2, 0) is 4.74 Å². The van der Waals surface area contributed by atoms with E-state index >= 15 is 0 Å². The highest BCUT2D eigenvalue weighted by Gasteiger charge is 2.31. The quantitative estimate of drug-likeness (QED) is 0.824. The van der Waals surface area contributed by atoms with Crippen molar-refractivity contribution >= 4 is 23.0 Å². The van der Waals surface area contributed by atoms with Gasteiger partial charge in [-0.2, -0.15) is 0 Å². The lowest BCUT2D eigenvalue weighted by atomic mass is 10.0. The first-order valence-electron chi connectivity index (χ1n) is 6.04. The van der Waals surface area contributed by atoms with Crippen molar-refractivity contribution in [3.05, 3.63) is 23.4 Å². The summed E-state index contributed by atoms with van der Waals surface area (Å²) in [6.07, 6.45) is 0. The van der Waals surface area contributed by atoms with Crippen molar-refractivity contribution in [1.29, 1.82) is 0 Å². The molecule has 0 spiro atoms. The fraction of sp³-hybridized carbons (Fsp3) is 0.538. The van der Waals surface area contributed by atoms with Crippen LogP contribution < -0.4 is 10.6 Å². The number of morpholine rings is 1. The molecule has 18 heavy (non-hydrogen) atoms. The van der Waals surface area contributed by atoms with Crippen molar-refractivity contribution in [2.24, 2.45) is 5.73 Å². The van der Waals surface area contributed by atoms with E-state index in [9.17, 15) is 0 Å². The van der Waals surface area contributed by atoms with Gasteiger partial charge in [0.1, 0.15) is 10.8 Å². The molecule has 1 aromatic heterocycles. The van der Waals surface area contributed by atoms with Gasteiger partial charge in [-0.25, -0.2) is 4.98 Å². The molecule has 2 rings (SSSR count). The van der Waals surface area contributed by atoms with E-state index in [1.165, 1.54) is 0 Å². The van der Waals surface area contributed by atoms with Crippen molar-refractivity contribution in [3.8, 4) is 0 Å². The van der Waals surface area contributed by atoms with E-state index in [0.29, 0.717) is 11.6 Å². The van der Waals surface area contributed by atoms with Crippen molar-refractivity contribution < 1.29 is 4.74 Å². The van der Waals surface area contributed by atoms with E-state index < -0.39 is 0 Å². The molecule has 0 aromatic carbocycles. The number of ether oxygens (including phenoxy) is 1. The third-order valence-electron chi connectivity index (χ3n) is 3.15. The smallest absolute Gasteiger partial charge is 0.130 e. The Kier molecular flexibility index (Phi) is 3.54. The minimum Gasteiger partial charge on any atom is -0.389 e. The number of nitrogens with two attached hydrogens (primary N) is 1. The van der Waals surface area contributed by atoms with Crippen molar-refractivity contribution in [3.63, 3.8) is 0 Å². The van der Waals surface area contributed by atoms with Crippen LogP contribution >= 0.6 is 12.2 Å². The molecule has 1 aliphatic heterocycles. The molecule has 98 valence electrons. The Morgan fingerprint density at radius 3 is 2.83 bits per heavy atom. The average Bonchev–Trinajstić information content (AvgIpc) is 2.27. The van der Waals surface area contributed by atoms with Crippen LogP contribution in [0.4, 0.5) is 5.82 Å². The first-order valence-corrected chi connectivity index (χ1v) is 6.45. The lowest BCUT2D eigenvalue weighted by Gasteiger charge is -2.43. The van der Waals surface area contributed by atoms with Crippen LogP contribution in [-0.4, -0.2) is 35.3 Å². The normalized spacial score (nSPS) is 18.7. The molecule has 5 heteroatoms. The molecule has 2 N–H and O–H groups in total. The molecule has 0 saturated carbocycles. The summed E-state index contributed by atoms with van der Waals surface area (Å²) >= 11 is 5.05. The summed E-state index contributed by atoms with van der Waals surface area (Å²) in [6.45, 7) is 8.51. The fourth-order valence-corrected chi connectivity index (χ4v) is 2.33. The first-order chi connectivity index (χ1) is 8.40. The number of hydrogen-bond acceptors (Lipinski definition) is 4. The Morgan fingerprint density at radius 1 is 1.50 bits per heavy atom. The molecule has 1 saturated heterocycles. The molecule has 1 fully saturated rings. The Bertz CT molecular complexity index is 473. The molecule has 0 amide bonds. The molecule has 0 atom stereocenters. The van der Waals surface area contributed by atoms with E-state index in [-0.39, 0.29) is 5.54 Å². The summed E-state index contributed by atoms with van der Waals surface area (Å²) in [6, 6.07) is 3.88. The number of hydrogen-bond donors (Lipinski definition) is 1. The standard InChI is InChI=1S/C13H19N3OS/c1-9-6-10(12(14)18)7-11(15-9)16-4-5-17-8-13(16,2)3/h6-7H,4-5,8H2,1-3H3,(H2,14,18). The van der Waals surface area contributed by atoms with Gasteiger partial charge in [0.15, 0.2) is 0 Å². The van der Waals surface area contributed by atoms with Gasteiger partial charge < -0.3 is 15.4 Å². The molecule has 0 radical (unpaired) electrons. The number of thiocarbonyl (C=S) groups is 1. The number of pyridine rings is 1. The Hall–Kier alpha value is -1.20. The minimum atomic E-state index is -0.0630. The molecule has 1 aromatic rings. The Labute approximate surface area is 113 Å². The summed E-state index contributed by atoms with van der Waals surface area (Å²) < 4.78 is 5.52. The predicted molar refractivity (Wildman–Crippen MR) is 77.1 cm³/mol. The van der Waals surface area contributed by atoms with Gasteiger partial charge in [-0.3, -0.25) is 0 Å². The number of aryl methyl sites for hydroxylation is 1. The second-order valence-corrected chi connectivity index (χ2v) is 5.68. The third-order valence-corrected chi connectivity index (χ3v) is 3.38. The molecule has 1 aliphatic rings. The highest BCUT2D eigenvalue weighted by atomic mass is 32.1. The van der Waals surface area contributed by atoms with E-state index in [1.54, 1.807) is 0 Å². The van der Waals surface area contributed by atoms with Crippen molar-refractivity contribution in [1.82, 2.24) is 4.98 Å². The SMILES string of the molecule is Cc1cc(C(N)=S)cc(N2CCOCC2(C)C)n1. The number of aromatic nitrogens is 1. The molecule has 0 unspecified atom stereocenters. The van der Waals surface area contributed by atoms with Gasteiger partial charge in [-0.1, -0.05) is 12.2 Å². The monoisotopic (exact) mass is 265 g/mol. The maximum Gasteiger partial charge on any atom is 0.130 e. The molecule has 0 bridgehead atoms. The minimum absolute atomic E-state index is 0.0630. The van der Waals surface area contributed by atoms with Gasteiger partial charge >= 0.3 is 0 Å². The Morgan fingerprint density at radius 2 is 2.22 bits per heavy atom. The van der Waals surface area contributed by atoms with Gasteiger partial charge in [0.2, 0.25) is 0 Å². The molecule has 4 nitrogen and oxygen atoms in total. The van der Waals surface area contributed by atoms with Crippen molar-refractivity contribution in [2.45, 2.75) is 26.3 Å². The van der Waals surface area contributed by atoms with Gasteiger partial charge in [-0.15, -0.1) is 0 Å². The van der Waals surface area contributed by atoms with Crippen LogP contribution in [0.2, 0.25) is 0 Å². The number of anilines is 1. The summed E-state index contributed by atoms with van der Waals surface area (Å²) in [5, 5.41) is 0. The lowest BCUT2D eigenvalue weighted by Crippen LogP contribution is -2.53. The predicted octanol–water partition coefficient (Wildman–Crippen LogP) is 1.64. The second-order valence-electron chi connectivity index (χ2n) is 5.24.